The first-order valence-electron chi connectivity index (χ1n) is 10.3. The van der Waals surface area contributed by atoms with Gasteiger partial charge in [0.25, 0.3) is 0 Å². The highest BCUT2D eigenvalue weighted by atomic mass is 16.2. The van der Waals surface area contributed by atoms with Gasteiger partial charge in [-0.15, -0.1) is 0 Å². The van der Waals surface area contributed by atoms with Gasteiger partial charge < -0.3 is 10.6 Å². The van der Waals surface area contributed by atoms with Crippen LogP contribution in [-0.2, 0) is 22.6 Å². The molecule has 0 spiro atoms. The molecule has 0 aliphatic carbocycles. The van der Waals surface area contributed by atoms with Crippen molar-refractivity contribution in [3.63, 3.8) is 0 Å². The number of anilines is 1. The smallest absolute Gasteiger partial charge is 0.238 e. The van der Waals surface area contributed by atoms with E-state index in [-0.39, 0.29) is 11.8 Å². The van der Waals surface area contributed by atoms with Crippen molar-refractivity contribution in [1.82, 2.24) is 15.1 Å². The minimum atomic E-state index is 0.00306. The van der Waals surface area contributed by atoms with Crippen LogP contribution in [0.15, 0.2) is 54.6 Å². The normalized spacial score (nSPS) is 15.1. The zero-order valence-corrected chi connectivity index (χ0v) is 17.1. The Morgan fingerprint density at radius 1 is 0.793 bits per heavy atom. The number of aryl methyl sites for hydroxylation is 1. The van der Waals surface area contributed by atoms with Gasteiger partial charge in [0.05, 0.1) is 13.1 Å². The van der Waals surface area contributed by atoms with Gasteiger partial charge in [0.15, 0.2) is 0 Å². The number of hydrogen-bond acceptors (Lipinski definition) is 4. The fraction of sp³-hybridized carbons (Fsp3) is 0.391. The highest BCUT2D eigenvalue weighted by Gasteiger charge is 2.20. The van der Waals surface area contributed by atoms with Crippen molar-refractivity contribution in [2.45, 2.75) is 19.9 Å². The average Bonchev–Trinajstić information content (AvgIpc) is 2.75. The van der Waals surface area contributed by atoms with E-state index in [1.165, 1.54) is 5.56 Å². The average molecular weight is 395 g/mol. The van der Waals surface area contributed by atoms with Gasteiger partial charge in [-0.05, 0) is 29.7 Å². The molecule has 6 heteroatoms. The van der Waals surface area contributed by atoms with Crippen molar-refractivity contribution in [3.05, 3.63) is 65.7 Å². The molecule has 3 rings (SSSR count). The van der Waals surface area contributed by atoms with E-state index in [1.54, 1.807) is 0 Å². The standard InChI is InChI=1S/C23H30N4O2/c1-2-19-8-10-21(11-9-19)25-23(29)18-27-14-12-26(13-15-27)17-22(28)24-16-20-6-4-3-5-7-20/h3-11H,2,12-18H2,1H3,(H,24,28)(H,25,29). The highest BCUT2D eigenvalue weighted by Crippen LogP contribution is 2.10. The molecule has 154 valence electrons. The summed E-state index contributed by atoms with van der Waals surface area (Å²) >= 11 is 0. The van der Waals surface area contributed by atoms with E-state index in [1.807, 2.05) is 54.6 Å². The summed E-state index contributed by atoms with van der Waals surface area (Å²) in [5.74, 6) is 0.0406. The highest BCUT2D eigenvalue weighted by molar-refractivity contribution is 5.92. The van der Waals surface area contributed by atoms with Crippen LogP contribution in [0.5, 0.6) is 0 Å². The van der Waals surface area contributed by atoms with E-state index in [0.717, 1.165) is 43.9 Å². The van der Waals surface area contributed by atoms with Crippen molar-refractivity contribution in [2.75, 3.05) is 44.6 Å². The van der Waals surface area contributed by atoms with E-state index in [2.05, 4.69) is 27.4 Å². The lowest BCUT2D eigenvalue weighted by atomic mass is 10.1. The fourth-order valence-electron chi connectivity index (χ4n) is 3.39. The summed E-state index contributed by atoms with van der Waals surface area (Å²) < 4.78 is 0. The molecule has 0 unspecified atom stereocenters. The van der Waals surface area contributed by atoms with Crippen molar-refractivity contribution >= 4 is 17.5 Å². The van der Waals surface area contributed by atoms with Crippen LogP contribution in [0, 0.1) is 0 Å². The molecule has 29 heavy (non-hydrogen) atoms. The molecule has 2 aromatic rings. The molecule has 0 bridgehead atoms. The van der Waals surface area contributed by atoms with Gasteiger partial charge in [-0.25, -0.2) is 0 Å². The first kappa shape index (κ1) is 21.0. The van der Waals surface area contributed by atoms with Gasteiger partial charge in [-0.1, -0.05) is 49.4 Å². The van der Waals surface area contributed by atoms with Crippen LogP contribution in [0.2, 0.25) is 0 Å². The molecule has 0 radical (unpaired) electrons. The van der Waals surface area contributed by atoms with Gasteiger partial charge >= 0.3 is 0 Å². The van der Waals surface area contributed by atoms with Crippen LogP contribution < -0.4 is 10.6 Å². The Labute approximate surface area is 172 Å². The van der Waals surface area contributed by atoms with E-state index < -0.39 is 0 Å². The molecule has 0 atom stereocenters. The lowest BCUT2D eigenvalue weighted by molar-refractivity contribution is -0.123. The summed E-state index contributed by atoms with van der Waals surface area (Å²) in [5, 5.41) is 5.92. The van der Waals surface area contributed by atoms with E-state index in [0.29, 0.717) is 19.6 Å². The number of amides is 2. The maximum Gasteiger partial charge on any atom is 0.238 e. The number of carbonyl (C=O) groups is 2. The van der Waals surface area contributed by atoms with Gasteiger partial charge in [-0.2, -0.15) is 0 Å². The number of carbonyl (C=O) groups excluding carboxylic acids is 2. The Morgan fingerprint density at radius 2 is 1.38 bits per heavy atom. The van der Waals surface area contributed by atoms with Crippen LogP contribution in [0.4, 0.5) is 5.69 Å². The third-order valence-corrected chi connectivity index (χ3v) is 5.18. The quantitative estimate of drug-likeness (QED) is 0.720. The van der Waals surface area contributed by atoms with Crippen molar-refractivity contribution in [2.24, 2.45) is 0 Å². The van der Waals surface area contributed by atoms with Crippen LogP contribution in [-0.4, -0.2) is 60.9 Å². The molecule has 2 aromatic carbocycles. The zero-order chi connectivity index (χ0) is 20.5. The fourth-order valence-corrected chi connectivity index (χ4v) is 3.39. The first-order chi connectivity index (χ1) is 14.1. The third kappa shape index (κ3) is 7.00. The second-order valence-corrected chi connectivity index (χ2v) is 7.41. The topological polar surface area (TPSA) is 64.7 Å². The zero-order valence-electron chi connectivity index (χ0n) is 17.1. The van der Waals surface area contributed by atoms with E-state index >= 15 is 0 Å². The summed E-state index contributed by atoms with van der Waals surface area (Å²) in [4.78, 5) is 28.7. The summed E-state index contributed by atoms with van der Waals surface area (Å²) in [7, 11) is 0. The van der Waals surface area contributed by atoms with Gasteiger partial charge in [-0.3, -0.25) is 19.4 Å². The molecule has 2 N–H and O–H groups in total. The van der Waals surface area contributed by atoms with Crippen LogP contribution >= 0.6 is 0 Å². The molecule has 0 aromatic heterocycles. The Bertz CT molecular complexity index is 784. The second kappa shape index (κ2) is 10.7. The Hall–Kier alpha value is -2.70. The molecule has 1 heterocycles. The minimum absolute atomic E-state index is 0.00306. The van der Waals surface area contributed by atoms with Crippen LogP contribution in [0.25, 0.3) is 0 Å². The van der Waals surface area contributed by atoms with Crippen molar-refractivity contribution in [3.8, 4) is 0 Å². The maximum atomic E-state index is 12.3. The Kier molecular flexibility index (Phi) is 7.78. The number of benzene rings is 2. The van der Waals surface area contributed by atoms with Crippen molar-refractivity contribution < 1.29 is 9.59 Å². The molecule has 1 aliphatic rings. The number of rotatable bonds is 8. The Morgan fingerprint density at radius 3 is 1.97 bits per heavy atom. The van der Waals surface area contributed by atoms with Gasteiger partial charge in [0.2, 0.25) is 11.8 Å². The summed E-state index contributed by atoms with van der Waals surface area (Å²) in [5.41, 5.74) is 3.19. The summed E-state index contributed by atoms with van der Waals surface area (Å²) in [6, 6.07) is 17.9. The summed E-state index contributed by atoms with van der Waals surface area (Å²) in [6.45, 7) is 6.59. The molecule has 1 aliphatic heterocycles. The number of piperazine rings is 1. The number of nitrogens with one attached hydrogen (secondary N) is 2. The maximum absolute atomic E-state index is 12.3. The van der Waals surface area contributed by atoms with Crippen LogP contribution in [0.1, 0.15) is 18.1 Å². The molecule has 1 saturated heterocycles. The second-order valence-electron chi connectivity index (χ2n) is 7.41. The third-order valence-electron chi connectivity index (χ3n) is 5.18. The van der Waals surface area contributed by atoms with E-state index in [9.17, 15) is 9.59 Å². The van der Waals surface area contributed by atoms with Gasteiger partial charge in [0.1, 0.15) is 0 Å². The molecule has 0 saturated carbocycles. The molecule has 1 fully saturated rings. The lowest BCUT2D eigenvalue weighted by Gasteiger charge is -2.33. The number of hydrogen-bond donors (Lipinski definition) is 2. The number of nitrogens with zero attached hydrogens (tertiary/aromatic N) is 2. The molecular formula is C23H30N4O2. The molecule has 6 nitrogen and oxygen atoms in total. The predicted octanol–water partition coefficient (Wildman–Crippen LogP) is 2.12. The summed E-state index contributed by atoms with van der Waals surface area (Å²) in [6.07, 6.45) is 0.989. The van der Waals surface area contributed by atoms with Crippen LogP contribution in [0.3, 0.4) is 0 Å². The molecular weight excluding hydrogens is 364 g/mol. The predicted molar refractivity (Wildman–Crippen MR) is 116 cm³/mol. The first-order valence-corrected chi connectivity index (χ1v) is 10.3. The minimum Gasteiger partial charge on any atom is -0.351 e. The van der Waals surface area contributed by atoms with E-state index in [4.69, 9.17) is 0 Å². The lowest BCUT2D eigenvalue weighted by Crippen LogP contribution is -2.50. The van der Waals surface area contributed by atoms with Crippen molar-refractivity contribution in [1.29, 1.82) is 0 Å². The Balaban J connectivity index is 1.34. The SMILES string of the molecule is CCc1ccc(NC(=O)CN2CCN(CC(=O)NCc3ccccc3)CC2)cc1. The monoisotopic (exact) mass is 394 g/mol. The largest absolute Gasteiger partial charge is 0.351 e. The van der Waals surface area contributed by atoms with Gasteiger partial charge in [0, 0.05) is 38.4 Å². The molecule has 2 amide bonds.